The maximum Gasteiger partial charge on any atom is 0.241 e. The van der Waals surface area contributed by atoms with E-state index >= 15 is 0 Å². The lowest BCUT2D eigenvalue weighted by Crippen LogP contribution is -2.05. The van der Waals surface area contributed by atoms with E-state index in [1.54, 1.807) is 24.3 Å². The summed E-state index contributed by atoms with van der Waals surface area (Å²) in [7, 11) is 1.50. The Kier molecular flexibility index (Phi) is 5.30. The fourth-order valence-electron chi connectivity index (χ4n) is 1.94. The molecule has 2 N–H and O–H groups in total. The minimum absolute atomic E-state index is 0.0178. The number of primary amides is 1. The molecule has 0 saturated carbocycles. The van der Waals surface area contributed by atoms with E-state index in [4.69, 9.17) is 15.2 Å². The molecular formula is C17H15F2NO3. The van der Waals surface area contributed by atoms with Crippen molar-refractivity contribution >= 4 is 12.0 Å². The van der Waals surface area contributed by atoms with Gasteiger partial charge in [0.05, 0.1) is 7.11 Å². The molecule has 2 aromatic rings. The third-order valence-electron chi connectivity index (χ3n) is 3.02. The van der Waals surface area contributed by atoms with Crippen LogP contribution in [0.4, 0.5) is 8.78 Å². The number of hydrogen-bond donors (Lipinski definition) is 1. The number of halogens is 2. The molecule has 0 aliphatic rings. The largest absolute Gasteiger partial charge is 0.496 e. The zero-order valence-electron chi connectivity index (χ0n) is 12.4. The van der Waals surface area contributed by atoms with Crippen LogP contribution in [0.1, 0.15) is 11.1 Å². The molecule has 0 unspecified atom stereocenters. The summed E-state index contributed by atoms with van der Waals surface area (Å²) in [6.07, 6.45) is 2.77. The van der Waals surface area contributed by atoms with E-state index in [1.807, 2.05) is 0 Å². The molecule has 6 heteroatoms. The molecule has 4 nitrogen and oxygen atoms in total. The van der Waals surface area contributed by atoms with Gasteiger partial charge in [0, 0.05) is 17.7 Å². The first-order valence-corrected chi connectivity index (χ1v) is 6.72. The van der Waals surface area contributed by atoms with Gasteiger partial charge >= 0.3 is 0 Å². The van der Waals surface area contributed by atoms with E-state index in [0.717, 1.165) is 12.1 Å². The zero-order chi connectivity index (χ0) is 16.8. The molecule has 0 heterocycles. The van der Waals surface area contributed by atoms with Gasteiger partial charge in [-0.3, -0.25) is 4.79 Å². The van der Waals surface area contributed by atoms with Gasteiger partial charge in [0.15, 0.2) is 11.6 Å². The van der Waals surface area contributed by atoms with Crippen LogP contribution in [0, 0.1) is 11.6 Å². The number of ether oxygens (including phenoxy) is 2. The van der Waals surface area contributed by atoms with Crippen molar-refractivity contribution in [3.8, 4) is 11.5 Å². The fraction of sp³-hybridized carbons (Fsp3) is 0.118. The van der Waals surface area contributed by atoms with E-state index in [2.05, 4.69) is 0 Å². The average Bonchev–Trinajstić information content (AvgIpc) is 2.52. The molecular weight excluding hydrogens is 304 g/mol. The van der Waals surface area contributed by atoms with Crippen molar-refractivity contribution in [1.29, 1.82) is 0 Å². The first-order chi connectivity index (χ1) is 11.0. The van der Waals surface area contributed by atoms with Crippen LogP contribution in [0.2, 0.25) is 0 Å². The highest BCUT2D eigenvalue weighted by atomic mass is 19.1. The summed E-state index contributed by atoms with van der Waals surface area (Å²) in [5.74, 6) is -1.54. The molecule has 23 heavy (non-hydrogen) atoms. The second-order valence-electron chi connectivity index (χ2n) is 4.67. The van der Waals surface area contributed by atoms with Gasteiger partial charge in [-0.05, 0) is 35.9 Å². The Hall–Kier alpha value is -2.89. The molecule has 0 fully saturated rings. The Morgan fingerprint density at radius 1 is 1.17 bits per heavy atom. The monoisotopic (exact) mass is 319 g/mol. The molecule has 0 aromatic heterocycles. The lowest BCUT2D eigenvalue weighted by molar-refractivity contribution is -0.113. The van der Waals surface area contributed by atoms with Crippen molar-refractivity contribution in [2.24, 2.45) is 5.73 Å². The van der Waals surface area contributed by atoms with Gasteiger partial charge in [0.2, 0.25) is 5.91 Å². The third-order valence-corrected chi connectivity index (χ3v) is 3.02. The Morgan fingerprint density at radius 2 is 1.91 bits per heavy atom. The Balaban J connectivity index is 2.20. The van der Waals surface area contributed by atoms with E-state index in [9.17, 15) is 13.6 Å². The van der Waals surface area contributed by atoms with Crippen LogP contribution in [-0.2, 0) is 11.4 Å². The lowest BCUT2D eigenvalue weighted by Gasteiger charge is -2.11. The highest BCUT2D eigenvalue weighted by Gasteiger charge is 2.08. The number of carbonyl (C=O) groups is 1. The van der Waals surface area contributed by atoms with Crippen molar-refractivity contribution in [3.63, 3.8) is 0 Å². The molecule has 0 atom stereocenters. The topological polar surface area (TPSA) is 61.5 Å². The number of amides is 1. The Labute approximate surface area is 132 Å². The number of hydrogen-bond acceptors (Lipinski definition) is 3. The minimum atomic E-state index is -0.784. The highest BCUT2D eigenvalue weighted by molar-refractivity contribution is 5.90. The summed E-state index contributed by atoms with van der Waals surface area (Å²) in [6.45, 7) is 0.0178. The van der Waals surface area contributed by atoms with Crippen LogP contribution in [0.25, 0.3) is 6.08 Å². The first kappa shape index (κ1) is 16.5. The quantitative estimate of drug-likeness (QED) is 0.833. The normalized spacial score (nSPS) is 10.7. The van der Waals surface area contributed by atoms with Crippen LogP contribution < -0.4 is 15.2 Å². The minimum Gasteiger partial charge on any atom is -0.496 e. The van der Waals surface area contributed by atoms with Gasteiger partial charge in [0.1, 0.15) is 18.2 Å². The van der Waals surface area contributed by atoms with Crippen LogP contribution in [0.3, 0.4) is 0 Å². The van der Waals surface area contributed by atoms with Gasteiger partial charge in [-0.15, -0.1) is 0 Å². The first-order valence-electron chi connectivity index (χ1n) is 6.72. The lowest BCUT2D eigenvalue weighted by atomic mass is 10.1. The SMILES string of the molecule is COc1ccc(/C=C\C(N)=O)cc1COc1ccc(F)cc1F. The van der Waals surface area contributed by atoms with Gasteiger partial charge in [-0.1, -0.05) is 6.07 Å². The van der Waals surface area contributed by atoms with Crippen molar-refractivity contribution in [1.82, 2.24) is 0 Å². The second kappa shape index (κ2) is 7.40. The summed E-state index contributed by atoms with van der Waals surface area (Å²) in [5.41, 5.74) is 6.40. The summed E-state index contributed by atoms with van der Waals surface area (Å²) in [6, 6.07) is 8.23. The molecule has 0 bridgehead atoms. The predicted octanol–water partition coefficient (Wildman–Crippen LogP) is 3.05. The van der Waals surface area contributed by atoms with Crippen molar-refractivity contribution in [2.75, 3.05) is 7.11 Å². The molecule has 0 aliphatic carbocycles. The molecule has 2 rings (SSSR count). The van der Waals surface area contributed by atoms with Crippen LogP contribution >= 0.6 is 0 Å². The van der Waals surface area contributed by atoms with Crippen LogP contribution in [-0.4, -0.2) is 13.0 Å². The molecule has 0 radical (unpaired) electrons. The van der Waals surface area contributed by atoms with Crippen LogP contribution in [0.15, 0.2) is 42.5 Å². The van der Waals surface area contributed by atoms with Crippen molar-refractivity contribution < 1.29 is 23.0 Å². The summed E-state index contributed by atoms with van der Waals surface area (Å²) >= 11 is 0. The van der Waals surface area contributed by atoms with Gasteiger partial charge < -0.3 is 15.2 Å². The smallest absolute Gasteiger partial charge is 0.241 e. The Bertz CT molecular complexity index is 745. The molecule has 0 spiro atoms. The predicted molar refractivity (Wildman–Crippen MR) is 81.9 cm³/mol. The van der Waals surface area contributed by atoms with E-state index in [0.29, 0.717) is 16.9 Å². The number of rotatable bonds is 6. The number of benzene rings is 2. The number of methoxy groups -OCH3 is 1. The zero-order valence-corrected chi connectivity index (χ0v) is 12.4. The molecule has 120 valence electrons. The average molecular weight is 319 g/mol. The summed E-state index contributed by atoms with van der Waals surface area (Å²) in [5, 5.41) is 0. The van der Waals surface area contributed by atoms with Gasteiger partial charge in [-0.25, -0.2) is 8.78 Å². The van der Waals surface area contributed by atoms with Crippen molar-refractivity contribution in [3.05, 3.63) is 65.2 Å². The van der Waals surface area contributed by atoms with Crippen LogP contribution in [0.5, 0.6) is 11.5 Å². The van der Waals surface area contributed by atoms with Gasteiger partial charge in [0.25, 0.3) is 0 Å². The molecule has 0 saturated heterocycles. The number of nitrogens with two attached hydrogens (primary N) is 1. The standard InChI is InChI=1S/C17H15F2NO3/c1-22-15-5-2-11(3-7-17(20)21)8-12(15)10-23-16-6-4-13(18)9-14(16)19/h2-9H,10H2,1H3,(H2,20,21)/b7-3-. The fourth-order valence-corrected chi connectivity index (χ4v) is 1.94. The van der Waals surface area contributed by atoms with Gasteiger partial charge in [-0.2, -0.15) is 0 Å². The molecule has 2 aromatic carbocycles. The molecule has 1 amide bonds. The number of carbonyl (C=O) groups excluding carboxylic acids is 1. The maximum atomic E-state index is 13.6. The maximum absolute atomic E-state index is 13.6. The van der Waals surface area contributed by atoms with E-state index in [-0.39, 0.29) is 12.4 Å². The summed E-state index contributed by atoms with van der Waals surface area (Å²) in [4.78, 5) is 10.8. The van der Waals surface area contributed by atoms with E-state index < -0.39 is 17.5 Å². The highest BCUT2D eigenvalue weighted by Crippen LogP contribution is 2.24. The summed E-state index contributed by atoms with van der Waals surface area (Å²) < 4.78 is 37.0. The van der Waals surface area contributed by atoms with E-state index in [1.165, 1.54) is 19.3 Å². The van der Waals surface area contributed by atoms with Crippen molar-refractivity contribution in [2.45, 2.75) is 6.61 Å². The third kappa shape index (κ3) is 4.54. The second-order valence-corrected chi connectivity index (χ2v) is 4.67. The Morgan fingerprint density at radius 3 is 2.57 bits per heavy atom. The molecule has 0 aliphatic heterocycles.